The molecule has 0 atom stereocenters. The van der Waals surface area contributed by atoms with Crippen molar-refractivity contribution < 1.29 is 0 Å². The summed E-state index contributed by atoms with van der Waals surface area (Å²) in [6.45, 7) is 5.77. The molecule has 0 saturated carbocycles. The molecule has 2 aromatic rings. The highest BCUT2D eigenvalue weighted by atomic mass is 15.5. The largest absolute Gasteiger partial charge is 0.368 e. The molecule has 0 bridgehead atoms. The van der Waals surface area contributed by atoms with Crippen LogP contribution in [0, 0.1) is 13.8 Å². The average molecular weight is 287 g/mol. The van der Waals surface area contributed by atoms with E-state index in [-0.39, 0.29) is 0 Å². The van der Waals surface area contributed by atoms with Crippen LogP contribution in [0.5, 0.6) is 0 Å². The van der Waals surface area contributed by atoms with Gasteiger partial charge in [0.05, 0.1) is 0 Å². The number of aromatic nitrogens is 5. The molecule has 0 spiro atoms. The highest BCUT2D eigenvalue weighted by Gasteiger charge is 2.17. The number of rotatable bonds is 2. The second kappa shape index (κ2) is 5.67. The third-order valence-electron chi connectivity index (χ3n) is 3.68. The van der Waals surface area contributed by atoms with Crippen molar-refractivity contribution in [2.45, 2.75) is 39.5 Å². The van der Waals surface area contributed by atoms with Crippen LogP contribution < -0.4 is 10.6 Å². The van der Waals surface area contributed by atoms with Gasteiger partial charge in [-0.3, -0.25) is 0 Å². The lowest BCUT2D eigenvalue weighted by molar-refractivity contribution is 0.726. The lowest BCUT2D eigenvalue weighted by Gasteiger charge is -2.17. The van der Waals surface area contributed by atoms with Gasteiger partial charge in [-0.15, -0.1) is 5.10 Å². The topological polar surface area (TPSA) is 85.8 Å². The van der Waals surface area contributed by atoms with Crippen LogP contribution in [0.15, 0.2) is 6.07 Å². The molecule has 1 fully saturated rings. The zero-order valence-corrected chi connectivity index (χ0v) is 12.6. The van der Waals surface area contributed by atoms with Crippen LogP contribution >= 0.6 is 0 Å². The van der Waals surface area contributed by atoms with E-state index in [1.54, 1.807) is 4.68 Å². The molecule has 0 radical (unpaired) electrons. The number of nitrogens with two attached hydrogens (primary N) is 1. The smallest absolute Gasteiger partial charge is 0.247 e. The summed E-state index contributed by atoms with van der Waals surface area (Å²) < 4.78 is 1.60. The number of hydrogen-bond donors (Lipinski definition) is 1. The molecule has 7 heteroatoms. The van der Waals surface area contributed by atoms with Gasteiger partial charge in [-0.2, -0.15) is 9.67 Å². The van der Waals surface area contributed by atoms with Crippen LogP contribution in [0.25, 0.3) is 5.82 Å². The molecule has 112 valence electrons. The van der Waals surface area contributed by atoms with Gasteiger partial charge in [0.2, 0.25) is 11.9 Å². The van der Waals surface area contributed by atoms with Crippen molar-refractivity contribution >= 4 is 11.9 Å². The molecule has 1 aliphatic heterocycles. The molecular weight excluding hydrogens is 266 g/mol. The maximum atomic E-state index is 6.02. The molecule has 0 aliphatic carbocycles. The number of aryl methyl sites for hydroxylation is 2. The zero-order chi connectivity index (χ0) is 14.8. The van der Waals surface area contributed by atoms with Crippen molar-refractivity contribution in [3.63, 3.8) is 0 Å². The first kappa shape index (κ1) is 13.8. The van der Waals surface area contributed by atoms with Crippen LogP contribution in [0.2, 0.25) is 0 Å². The lowest BCUT2D eigenvalue weighted by Crippen LogP contribution is -2.25. The highest BCUT2D eigenvalue weighted by Crippen LogP contribution is 2.19. The second-order valence-corrected chi connectivity index (χ2v) is 5.50. The first-order chi connectivity index (χ1) is 10.1. The minimum absolute atomic E-state index is 0.367. The van der Waals surface area contributed by atoms with Crippen LogP contribution in [-0.4, -0.2) is 37.8 Å². The first-order valence-corrected chi connectivity index (χ1v) is 7.43. The van der Waals surface area contributed by atoms with E-state index in [4.69, 9.17) is 5.73 Å². The Morgan fingerprint density at radius 2 is 1.71 bits per heavy atom. The fourth-order valence-electron chi connectivity index (χ4n) is 2.69. The Hall–Kier alpha value is -2.18. The lowest BCUT2D eigenvalue weighted by atomic mass is 10.2. The van der Waals surface area contributed by atoms with Gasteiger partial charge in [0.25, 0.3) is 0 Å². The van der Waals surface area contributed by atoms with Crippen molar-refractivity contribution in [2.24, 2.45) is 0 Å². The summed E-state index contributed by atoms with van der Waals surface area (Å²) in [7, 11) is 0. The van der Waals surface area contributed by atoms with Gasteiger partial charge >= 0.3 is 0 Å². The minimum Gasteiger partial charge on any atom is -0.368 e. The van der Waals surface area contributed by atoms with Crippen molar-refractivity contribution in [1.82, 2.24) is 24.7 Å². The molecule has 3 heterocycles. The second-order valence-electron chi connectivity index (χ2n) is 5.50. The molecule has 3 rings (SSSR count). The van der Waals surface area contributed by atoms with Crippen LogP contribution in [0.1, 0.15) is 37.2 Å². The number of hydrogen-bond acceptors (Lipinski definition) is 6. The van der Waals surface area contributed by atoms with Crippen LogP contribution in [0.4, 0.5) is 11.9 Å². The molecule has 0 amide bonds. The molecule has 0 aromatic carbocycles. The summed E-state index contributed by atoms with van der Waals surface area (Å²) in [6.07, 6.45) is 4.91. The summed E-state index contributed by atoms with van der Waals surface area (Å²) in [5, 5.41) is 4.54. The van der Waals surface area contributed by atoms with E-state index in [2.05, 4.69) is 25.0 Å². The first-order valence-electron chi connectivity index (χ1n) is 7.43. The Morgan fingerprint density at radius 1 is 1.00 bits per heavy atom. The van der Waals surface area contributed by atoms with Crippen molar-refractivity contribution in [2.75, 3.05) is 23.7 Å². The van der Waals surface area contributed by atoms with Crippen molar-refractivity contribution in [3.05, 3.63) is 17.6 Å². The average Bonchev–Trinajstić information content (AvgIpc) is 2.65. The van der Waals surface area contributed by atoms with E-state index in [1.165, 1.54) is 25.7 Å². The third kappa shape index (κ3) is 2.96. The Labute approximate surface area is 124 Å². The molecule has 7 nitrogen and oxygen atoms in total. The molecule has 2 N–H and O–H groups in total. The molecule has 2 aromatic heterocycles. The van der Waals surface area contributed by atoms with Gasteiger partial charge in [-0.25, -0.2) is 9.97 Å². The molecule has 1 saturated heterocycles. The molecule has 0 unspecified atom stereocenters. The van der Waals surface area contributed by atoms with Crippen molar-refractivity contribution in [3.8, 4) is 5.82 Å². The van der Waals surface area contributed by atoms with Gasteiger partial charge in [-0.05, 0) is 26.7 Å². The maximum absolute atomic E-state index is 6.02. The fraction of sp³-hybridized carbons (Fsp3) is 0.571. The van der Waals surface area contributed by atoms with Gasteiger partial charge < -0.3 is 10.6 Å². The van der Waals surface area contributed by atoms with Crippen molar-refractivity contribution in [1.29, 1.82) is 0 Å². The van der Waals surface area contributed by atoms with E-state index >= 15 is 0 Å². The van der Waals surface area contributed by atoms with E-state index in [9.17, 15) is 0 Å². The summed E-state index contributed by atoms with van der Waals surface area (Å²) in [5.41, 5.74) is 6.91. The minimum atomic E-state index is 0.367. The molecular formula is C14H21N7. The Kier molecular flexibility index (Phi) is 3.72. The molecule has 21 heavy (non-hydrogen) atoms. The van der Waals surface area contributed by atoms with Gasteiger partial charge in [-0.1, -0.05) is 12.8 Å². The van der Waals surface area contributed by atoms with E-state index in [1.807, 2.05) is 19.9 Å². The predicted octanol–water partition coefficient (Wildman–Crippen LogP) is 1.64. The summed E-state index contributed by atoms with van der Waals surface area (Å²) in [4.78, 5) is 15.3. The third-order valence-corrected chi connectivity index (χ3v) is 3.68. The van der Waals surface area contributed by atoms with Gasteiger partial charge in [0.15, 0.2) is 5.82 Å². The zero-order valence-electron chi connectivity index (χ0n) is 12.6. The SMILES string of the molecule is Cc1cc(-n2nc(N3CCCCCC3)nc2N)nc(C)n1. The Bertz CT molecular complexity index is 606. The van der Waals surface area contributed by atoms with Gasteiger partial charge in [0, 0.05) is 24.8 Å². The van der Waals surface area contributed by atoms with E-state index in [0.29, 0.717) is 23.5 Å². The quantitative estimate of drug-likeness (QED) is 0.903. The Balaban J connectivity index is 1.93. The monoisotopic (exact) mass is 287 g/mol. The highest BCUT2D eigenvalue weighted by molar-refractivity contribution is 5.40. The standard InChI is InChI=1S/C14H21N7/c1-10-9-12(17-11(2)16-10)21-13(15)18-14(19-21)20-7-5-3-4-6-8-20/h9H,3-8H2,1-2H3,(H2,15,18,19). The van der Waals surface area contributed by atoms with E-state index in [0.717, 1.165) is 18.8 Å². The van der Waals surface area contributed by atoms with Crippen LogP contribution in [0.3, 0.4) is 0 Å². The fourth-order valence-corrected chi connectivity index (χ4v) is 2.69. The number of nitrogen functional groups attached to an aromatic ring is 1. The summed E-state index contributed by atoms with van der Waals surface area (Å²) in [6, 6.07) is 1.87. The van der Waals surface area contributed by atoms with E-state index < -0.39 is 0 Å². The van der Waals surface area contributed by atoms with Crippen LogP contribution in [-0.2, 0) is 0 Å². The normalized spacial score (nSPS) is 16.0. The number of anilines is 2. The predicted molar refractivity (Wildman–Crippen MR) is 81.5 cm³/mol. The summed E-state index contributed by atoms with van der Waals surface area (Å²) in [5.74, 6) is 2.44. The summed E-state index contributed by atoms with van der Waals surface area (Å²) >= 11 is 0. The maximum Gasteiger partial charge on any atom is 0.247 e. The number of nitrogens with zero attached hydrogens (tertiary/aromatic N) is 6. The Morgan fingerprint density at radius 3 is 2.38 bits per heavy atom. The molecule has 1 aliphatic rings. The van der Waals surface area contributed by atoms with Gasteiger partial charge in [0.1, 0.15) is 5.82 Å².